The first kappa shape index (κ1) is 30.1. The first-order chi connectivity index (χ1) is 20.6. The molecule has 0 heterocycles. The lowest BCUT2D eigenvalue weighted by Gasteiger charge is -2.13. The van der Waals surface area contributed by atoms with Crippen molar-refractivity contribution in [3.05, 3.63) is 168 Å². The Morgan fingerprint density at radius 3 is 1.35 bits per heavy atom. The Labute approximate surface area is 254 Å². The summed E-state index contributed by atoms with van der Waals surface area (Å²) in [7, 11) is 0. The molecule has 0 unspecified atom stereocenters. The molecule has 0 atom stereocenters. The number of nitrogens with two attached hydrogens (primary N) is 1. The fourth-order valence-corrected chi connectivity index (χ4v) is 4.56. The Bertz CT molecular complexity index is 1780. The van der Waals surface area contributed by atoms with Gasteiger partial charge in [0.2, 0.25) is 0 Å². The van der Waals surface area contributed by atoms with Crippen molar-refractivity contribution in [2.75, 3.05) is 16.4 Å². The van der Waals surface area contributed by atoms with Gasteiger partial charge in [-0.3, -0.25) is 10.1 Å². The molecule has 6 aromatic carbocycles. The second-order valence-electron chi connectivity index (χ2n) is 9.43. The van der Waals surface area contributed by atoms with Gasteiger partial charge < -0.3 is 16.4 Å². The van der Waals surface area contributed by atoms with Gasteiger partial charge in [-0.25, -0.2) is 0 Å². The van der Waals surface area contributed by atoms with E-state index in [4.69, 9.17) is 5.73 Å². The molecule has 6 rings (SSSR count). The SMILES string of the molecule is C.Nc1ccccc1Nc1ccccc1-c1ccccc1.O=[N+]([O-])c1ccccc1Nc1ccccc1-c1ccccc1.[HH]. The summed E-state index contributed by atoms with van der Waals surface area (Å²) >= 11 is 0. The Morgan fingerprint density at radius 1 is 0.488 bits per heavy atom. The van der Waals surface area contributed by atoms with Gasteiger partial charge in [-0.1, -0.05) is 129 Å². The molecule has 0 radical (unpaired) electrons. The third-order valence-corrected chi connectivity index (χ3v) is 6.62. The molecule has 0 aromatic heterocycles. The van der Waals surface area contributed by atoms with Gasteiger partial charge in [0.15, 0.2) is 0 Å². The van der Waals surface area contributed by atoms with E-state index in [9.17, 15) is 10.1 Å². The highest BCUT2D eigenvalue weighted by Crippen LogP contribution is 2.34. The normalized spacial score (nSPS) is 9.95. The average Bonchev–Trinajstić information content (AvgIpc) is 3.04. The molecule has 6 aromatic rings. The first-order valence-corrected chi connectivity index (χ1v) is 13.5. The van der Waals surface area contributed by atoms with E-state index in [1.165, 1.54) is 11.6 Å². The zero-order valence-electron chi connectivity index (χ0n) is 22.9. The largest absolute Gasteiger partial charge is 0.397 e. The first-order valence-electron chi connectivity index (χ1n) is 13.5. The van der Waals surface area contributed by atoms with Gasteiger partial charge in [-0.2, -0.15) is 0 Å². The molecule has 0 amide bonds. The van der Waals surface area contributed by atoms with Gasteiger partial charge in [0.25, 0.3) is 5.69 Å². The number of benzene rings is 6. The molecular formula is C37H36N4O2. The number of nitro benzene ring substituents is 1. The molecule has 0 saturated heterocycles. The maximum atomic E-state index is 11.1. The second-order valence-corrected chi connectivity index (χ2v) is 9.43. The maximum absolute atomic E-state index is 11.1. The van der Waals surface area contributed by atoms with Crippen LogP contribution in [0.25, 0.3) is 22.3 Å². The number of para-hydroxylation sites is 6. The predicted molar refractivity (Wildman–Crippen MR) is 183 cm³/mol. The van der Waals surface area contributed by atoms with Gasteiger partial charge >= 0.3 is 0 Å². The number of nitrogens with one attached hydrogen (secondary N) is 2. The van der Waals surface area contributed by atoms with Crippen molar-refractivity contribution in [2.24, 2.45) is 0 Å². The Balaban J connectivity index is 0.000000231. The minimum atomic E-state index is -0.381. The lowest BCUT2D eigenvalue weighted by atomic mass is 10.0. The zero-order chi connectivity index (χ0) is 29.1. The Hall–Kier alpha value is -5.88. The minimum absolute atomic E-state index is 0. The molecule has 0 bridgehead atoms. The molecule has 0 aliphatic carbocycles. The second kappa shape index (κ2) is 14.7. The van der Waals surface area contributed by atoms with Gasteiger partial charge in [0.1, 0.15) is 5.69 Å². The quantitative estimate of drug-likeness (QED) is 0.101. The summed E-state index contributed by atoms with van der Waals surface area (Å²) in [5.41, 5.74) is 14.5. The highest BCUT2D eigenvalue weighted by molar-refractivity contribution is 5.84. The summed E-state index contributed by atoms with van der Waals surface area (Å²) in [5.74, 6) is 0. The minimum Gasteiger partial charge on any atom is -0.397 e. The van der Waals surface area contributed by atoms with Crippen molar-refractivity contribution in [1.29, 1.82) is 0 Å². The maximum Gasteiger partial charge on any atom is 0.292 e. The third-order valence-electron chi connectivity index (χ3n) is 6.62. The van der Waals surface area contributed by atoms with Gasteiger partial charge in [0.05, 0.1) is 16.3 Å². The highest BCUT2D eigenvalue weighted by atomic mass is 16.6. The van der Waals surface area contributed by atoms with E-state index in [1.807, 2.05) is 109 Å². The predicted octanol–water partition coefficient (Wildman–Crippen LogP) is 10.6. The lowest BCUT2D eigenvalue weighted by Crippen LogP contribution is -1.98. The van der Waals surface area contributed by atoms with Crippen LogP contribution in [0.15, 0.2) is 158 Å². The number of hydrogen-bond donors (Lipinski definition) is 3. The number of hydrogen-bond acceptors (Lipinski definition) is 5. The van der Waals surface area contributed by atoms with Crippen LogP contribution in [0.5, 0.6) is 0 Å². The number of nitro groups is 1. The number of nitrogens with zero attached hydrogens (tertiary/aromatic N) is 1. The molecular weight excluding hydrogens is 532 g/mol. The fraction of sp³-hybridized carbons (Fsp3) is 0.0270. The molecule has 4 N–H and O–H groups in total. The fourth-order valence-electron chi connectivity index (χ4n) is 4.56. The van der Waals surface area contributed by atoms with Crippen molar-refractivity contribution in [1.82, 2.24) is 0 Å². The van der Waals surface area contributed by atoms with Crippen LogP contribution in [0.2, 0.25) is 0 Å². The number of nitrogen functional groups attached to an aromatic ring is 1. The van der Waals surface area contributed by atoms with Crippen molar-refractivity contribution in [3.63, 3.8) is 0 Å². The molecule has 216 valence electrons. The van der Waals surface area contributed by atoms with Crippen molar-refractivity contribution in [2.45, 2.75) is 7.43 Å². The molecule has 0 aliphatic rings. The van der Waals surface area contributed by atoms with Crippen LogP contribution in [-0.4, -0.2) is 4.92 Å². The third kappa shape index (κ3) is 7.65. The number of anilines is 5. The standard InChI is InChI=1S/C18H14N2O2.C18H16N2.CH4.H2/c21-20(22)18-13-7-6-12-17(18)19-16-11-5-4-10-15(16)14-8-2-1-3-9-14;19-16-11-5-7-13-18(16)20-17-12-6-4-10-15(17)14-8-2-1-3-9-14;;/h1-13,19H;1-13,20H,19H2;1H4;1H. The Morgan fingerprint density at radius 2 is 0.860 bits per heavy atom. The van der Waals surface area contributed by atoms with Crippen LogP contribution < -0.4 is 16.4 Å². The monoisotopic (exact) mass is 568 g/mol. The molecule has 0 saturated carbocycles. The number of rotatable bonds is 7. The van der Waals surface area contributed by atoms with E-state index in [0.29, 0.717) is 5.69 Å². The van der Waals surface area contributed by atoms with Crippen molar-refractivity contribution in [3.8, 4) is 22.3 Å². The van der Waals surface area contributed by atoms with Crippen LogP contribution in [0.3, 0.4) is 0 Å². The van der Waals surface area contributed by atoms with Crippen molar-refractivity contribution < 1.29 is 6.35 Å². The van der Waals surface area contributed by atoms with Gasteiger partial charge in [-0.15, -0.1) is 0 Å². The topological polar surface area (TPSA) is 93.2 Å². The smallest absolute Gasteiger partial charge is 0.292 e. The van der Waals surface area contributed by atoms with E-state index in [2.05, 4.69) is 34.9 Å². The van der Waals surface area contributed by atoms with Crippen LogP contribution in [0.4, 0.5) is 34.1 Å². The lowest BCUT2D eigenvalue weighted by molar-refractivity contribution is -0.383. The van der Waals surface area contributed by atoms with E-state index >= 15 is 0 Å². The Kier molecular flexibility index (Phi) is 10.3. The van der Waals surface area contributed by atoms with E-state index < -0.39 is 0 Å². The zero-order valence-corrected chi connectivity index (χ0v) is 22.9. The van der Waals surface area contributed by atoms with Crippen LogP contribution in [0, 0.1) is 10.1 Å². The van der Waals surface area contributed by atoms with Crippen LogP contribution >= 0.6 is 0 Å². The summed E-state index contributed by atoms with van der Waals surface area (Å²) in [6.45, 7) is 0. The summed E-state index contributed by atoms with van der Waals surface area (Å²) in [5, 5.41) is 17.7. The molecule has 0 fully saturated rings. The van der Waals surface area contributed by atoms with Crippen LogP contribution in [-0.2, 0) is 0 Å². The highest BCUT2D eigenvalue weighted by Gasteiger charge is 2.14. The average molecular weight is 569 g/mol. The summed E-state index contributed by atoms with van der Waals surface area (Å²) < 4.78 is 0. The molecule has 43 heavy (non-hydrogen) atoms. The molecule has 6 heteroatoms. The van der Waals surface area contributed by atoms with Gasteiger partial charge in [0, 0.05) is 30.0 Å². The summed E-state index contributed by atoms with van der Waals surface area (Å²) in [4.78, 5) is 10.8. The molecule has 0 spiro atoms. The molecule has 6 nitrogen and oxygen atoms in total. The van der Waals surface area contributed by atoms with E-state index in [0.717, 1.165) is 39.4 Å². The van der Waals surface area contributed by atoms with Gasteiger partial charge in [-0.05, 0) is 41.5 Å². The summed E-state index contributed by atoms with van der Waals surface area (Å²) in [6.07, 6.45) is 0. The van der Waals surface area contributed by atoms with Crippen LogP contribution in [0.1, 0.15) is 8.85 Å². The molecule has 0 aliphatic heterocycles. The van der Waals surface area contributed by atoms with E-state index in [1.54, 1.807) is 18.2 Å². The van der Waals surface area contributed by atoms with Crippen molar-refractivity contribution >= 4 is 34.1 Å². The van der Waals surface area contributed by atoms with E-state index in [-0.39, 0.29) is 19.5 Å². The summed E-state index contributed by atoms with van der Waals surface area (Å²) in [6, 6.07) is 50.7.